The minimum absolute atomic E-state index is 0.0979. The fourth-order valence-corrected chi connectivity index (χ4v) is 3.48. The van der Waals surface area contributed by atoms with Gasteiger partial charge in [-0.15, -0.1) is 0 Å². The molecule has 0 bridgehead atoms. The van der Waals surface area contributed by atoms with Crippen molar-refractivity contribution in [2.24, 2.45) is 0 Å². The molecular weight excluding hydrogens is 350 g/mol. The first-order valence-corrected chi connectivity index (χ1v) is 9.36. The molecule has 1 fully saturated rings. The van der Waals surface area contributed by atoms with Crippen molar-refractivity contribution in [2.45, 2.75) is 32.4 Å². The molecule has 1 aromatic carbocycles. The van der Waals surface area contributed by atoms with Gasteiger partial charge in [-0.05, 0) is 56.2 Å². The highest BCUT2D eigenvalue weighted by atomic mass is 32.1. The van der Waals surface area contributed by atoms with E-state index in [0.717, 1.165) is 42.6 Å². The number of methoxy groups -OCH3 is 1. The maximum atomic E-state index is 12.5. The van der Waals surface area contributed by atoms with E-state index in [1.54, 1.807) is 7.11 Å². The lowest BCUT2D eigenvalue weighted by Gasteiger charge is -2.28. The summed E-state index contributed by atoms with van der Waals surface area (Å²) in [5.74, 6) is 0.759. The molecule has 0 amide bonds. The highest BCUT2D eigenvalue weighted by Gasteiger charge is 2.21. The first kappa shape index (κ1) is 18.7. The van der Waals surface area contributed by atoms with Crippen LogP contribution in [0, 0.1) is 0 Å². The third kappa shape index (κ3) is 4.34. The van der Waals surface area contributed by atoms with Gasteiger partial charge < -0.3 is 24.7 Å². The van der Waals surface area contributed by atoms with Crippen molar-refractivity contribution >= 4 is 28.2 Å². The number of fused-ring (bicyclic) bond motifs is 1. The standard InChI is InChI=1S/C19H25N3O3S/c1-3-20-19(26)22(12-16-5-4-8-25-16)11-14-9-13-10-15(24-2)6-7-17(13)21-18(14)23/h6-7,9-10,16H,3-5,8,11-12H2,1-2H3,(H,20,26)(H,21,23)/t16-/m0/s1. The van der Waals surface area contributed by atoms with Gasteiger partial charge in [0.2, 0.25) is 0 Å². The van der Waals surface area contributed by atoms with Crippen LogP contribution in [-0.4, -0.2) is 47.9 Å². The maximum Gasteiger partial charge on any atom is 0.253 e. The fourth-order valence-electron chi connectivity index (χ4n) is 3.20. The Morgan fingerprint density at radius 1 is 1.46 bits per heavy atom. The van der Waals surface area contributed by atoms with Gasteiger partial charge in [0, 0.05) is 36.2 Å². The molecule has 0 spiro atoms. The fraction of sp³-hybridized carbons (Fsp3) is 0.474. The number of pyridine rings is 1. The zero-order valence-corrected chi connectivity index (χ0v) is 16.0. The van der Waals surface area contributed by atoms with Crippen LogP contribution in [0.2, 0.25) is 0 Å². The minimum atomic E-state index is -0.0979. The normalized spacial score (nSPS) is 16.6. The van der Waals surface area contributed by atoms with Crippen LogP contribution >= 0.6 is 12.2 Å². The van der Waals surface area contributed by atoms with E-state index < -0.39 is 0 Å². The van der Waals surface area contributed by atoms with Crippen LogP contribution in [0.3, 0.4) is 0 Å². The molecule has 140 valence electrons. The number of nitrogens with zero attached hydrogens (tertiary/aromatic N) is 1. The molecule has 0 radical (unpaired) electrons. The Labute approximate surface area is 158 Å². The molecule has 0 aliphatic carbocycles. The van der Waals surface area contributed by atoms with Gasteiger partial charge in [0.05, 0.1) is 19.8 Å². The smallest absolute Gasteiger partial charge is 0.253 e. The van der Waals surface area contributed by atoms with Gasteiger partial charge in [-0.2, -0.15) is 0 Å². The predicted octanol–water partition coefficient (Wildman–Crippen LogP) is 2.41. The molecule has 1 aromatic heterocycles. The number of benzene rings is 1. The van der Waals surface area contributed by atoms with Gasteiger partial charge in [0.1, 0.15) is 5.75 Å². The third-order valence-corrected chi connectivity index (χ3v) is 4.96. The Kier molecular flexibility index (Phi) is 6.11. The first-order chi connectivity index (χ1) is 12.6. The second-order valence-electron chi connectivity index (χ2n) is 6.43. The molecule has 1 aliphatic rings. The summed E-state index contributed by atoms with van der Waals surface area (Å²) in [6.45, 7) is 4.66. The summed E-state index contributed by atoms with van der Waals surface area (Å²) >= 11 is 5.51. The highest BCUT2D eigenvalue weighted by molar-refractivity contribution is 7.80. The number of H-pyrrole nitrogens is 1. The van der Waals surface area contributed by atoms with E-state index in [9.17, 15) is 4.79 Å². The summed E-state index contributed by atoms with van der Waals surface area (Å²) in [6, 6.07) is 7.52. The molecule has 1 aliphatic heterocycles. The second-order valence-corrected chi connectivity index (χ2v) is 6.81. The number of nitrogens with one attached hydrogen (secondary N) is 2. The van der Waals surface area contributed by atoms with E-state index in [4.69, 9.17) is 21.7 Å². The zero-order valence-electron chi connectivity index (χ0n) is 15.2. The quantitative estimate of drug-likeness (QED) is 0.756. The Morgan fingerprint density at radius 2 is 2.31 bits per heavy atom. The van der Waals surface area contributed by atoms with Gasteiger partial charge in [0.25, 0.3) is 5.56 Å². The highest BCUT2D eigenvalue weighted by Crippen LogP contribution is 2.20. The average molecular weight is 375 g/mol. The SMILES string of the molecule is CCNC(=S)N(Cc1cc2cc(OC)ccc2[nH]c1=O)C[C@@H]1CCCO1. The molecule has 1 atom stereocenters. The molecule has 3 rings (SSSR count). The van der Waals surface area contributed by atoms with Crippen molar-refractivity contribution in [3.05, 3.63) is 40.2 Å². The van der Waals surface area contributed by atoms with Crippen molar-refractivity contribution in [1.29, 1.82) is 0 Å². The summed E-state index contributed by atoms with van der Waals surface area (Å²) in [7, 11) is 1.63. The van der Waals surface area contributed by atoms with E-state index in [1.807, 2.05) is 36.1 Å². The van der Waals surface area contributed by atoms with Crippen molar-refractivity contribution in [3.8, 4) is 5.75 Å². The third-order valence-electron chi connectivity index (χ3n) is 4.55. The van der Waals surface area contributed by atoms with Gasteiger partial charge in [0.15, 0.2) is 5.11 Å². The summed E-state index contributed by atoms with van der Waals surface area (Å²) in [6.07, 6.45) is 2.26. The van der Waals surface area contributed by atoms with Crippen molar-refractivity contribution in [1.82, 2.24) is 15.2 Å². The summed E-state index contributed by atoms with van der Waals surface area (Å²) < 4.78 is 11.0. The molecule has 2 heterocycles. The van der Waals surface area contributed by atoms with Crippen LogP contribution in [0.25, 0.3) is 10.9 Å². The molecule has 0 unspecified atom stereocenters. The number of aromatic nitrogens is 1. The first-order valence-electron chi connectivity index (χ1n) is 8.95. The van der Waals surface area contributed by atoms with Gasteiger partial charge in [-0.1, -0.05) is 0 Å². The summed E-state index contributed by atoms with van der Waals surface area (Å²) in [5, 5.41) is 4.77. The number of hydrogen-bond acceptors (Lipinski definition) is 4. The van der Waals surface area contributed by atoms with E-state index in [-0.39, 0.29) is 11.7 Å². The topological polar surface area (TPSA) is 66.6 Å². The molecule has 7 heteroatoms. The predicted molar refractivity (Wildman–Crippen MR) is 107 cm³/mol. The minimum Gasteiger partial charge on any atom is -0.497 e. The second kappa shape index (κ2) is 8.51. The van der Waals surface area contributed by atoms with Crippen molar-refractivity contribution < 1.29 is 9.47 Å². The lowest BCUT2D eigenvalue weighted by atomic mass is 10.1. The molecule has 2 aromatic rings. The van der Waals surface area contributed by atoms with E-state index in [2.05, 4.69) is 10.3 Å². The number of hydrogen-bond donors (Lipinski definition) is 2. The molecular formula is C19H25N3O3S. The Balaban J connectivity index is 1.87. The van der Waals surface area contributed by atoms with E-state index in [1.165, 1.54) is 0 Å². The Bertz CT molecular complexity index is 830. The summed E-state index contributed by atoms with van der Waals surface area (Å²) in [5.41, 5.74) is 1.36. The van der Waals surface area contributed by atoms with Crippen LogP contribution < -0.4 is 15.6 Å². The lowest BCUT2D eigenvalue weighted by molar-refractivity contribution is 0.0897. The van der Waals surface area contributed by atoms with Gasteiger partial charge in [-0.3, -0.25) is 4.79 Å². The molecule has 6 nitrogen and oxygen atoms in total. The van der Waals surface area contributed by atoms with Crippen LogP contribution in [0.1, 0.15) is 25.3 Å². The van der Waals surface area contributed by atoms with Crippen LogP contribution in [0.15, 0.2) is 29.1 Å². The maximum absolute atomic E-state index is 12.5. The monoisotopic (exact) mass is 375 g/mol. The Morgan fingerprint density at radius 3 is 3.00 bits per heavy atom. The molecule has 0 saturated carbocycles. The number of ether oxygens (including phenoxy) is 2. The van der Waals surface area contributed by atoms with E-state index >= 15 is 0 Å². The molecule has 2 N–H and O–H groups in total. The van der Waals surface area contributed by atoms with Gasteiger partial charge in [-0.25, -0.2) is 0 Å². The lowest BCUT2D eigenvalue weighted by Crippen LogP contribution is -2.43. The Hall–Kier alpha value is -2.12. The van der Waals surface area contributed by atoms with Crippen LogP contribution in [0.4, 0.5) is 0 Å². The summed E-state index contributed by atoms with van der Waals surface area (Å²) in [4.78, 5) is 17.5. The molecule has 1 saturated heterocycles. The molecule has 26 heavy (non-hydrogen) atoms. The van der Waals surface area contributed by atoms with Gasteiger partial charge >= 0.3 is 0 Å². The number of thiocarbonyl (C=S) groups is 1. The van der Waals surface area contributed by atoms with Crippen LogP contribution in [0.5, 0.6) is 5.75 Å². The van der Waals surface area contributed by atoms with Crippen LogP contribution in [-0.2, 0) is 11.3 Å². The zero-order chi connectivity index (χ0) is 18.5. The number of rotatable bonds is 6. The van der Waals surface area contributed by atoms with Crippen molar-refractivity contribution in [3.63, 3.8) is 0 Å². The van der Waals surface area contributed by atoms with E-state index in [0.29, 0.717) is 23.8 Å². The number of aromatic amines is 1. The average Bonchev–Trinajstić information content (AvgIpc) is 3.14. The largest absolute Gasteiger partial charge is 0.497 e. The van der Waals surface area contributed by atoms with Crippen molar-refractivity contribution in [2.75, 3.05) is 26.8 Å².